The maximum atomic E-state index is 12.4. The fourth-order valence-corrected chi connectivity index (χ4v) is 3.93. The van der Waals surface area contributed by atoms with Crippen LogP contribution in [-0.2, 0) is 10.0 Å². The first-order valence-electron chi connectivity index (χ1n) is 7.85. The molecular formula is C17H20N2O3S. The average Bonchev–Trinajstić information content (AvgIpc) is 2.55. The van der Waals surface area contributed by atoms with Crippen molar-refractivity contribution in [3.63, 3.8) is 0 Å². The number of rotatable bonds is 5. The molecule has 1 heterocycles. The Balaban J connectivity index is 1.72. The minimum Gasteiger partial charge on any atom is -0.322 e. The van der Waals surface area contributed by atoms with Crippen LogP contribution in [0.5, 0.6) is 0 Å². The zero-order valence-corrected chi connectivity index (χ0v) is 13.7. The SMILES string of the molecule is O=c1ccc2cc(S(=O)(=O)NCCC3=CCCCC3)ccc2[nH]1. The van der Waals surface area contributed by atoms with Crippen LogP contribution in [-0.4, -0.2) is 19.9 Å². The van der Waals surface area contributed by atoms with E-state index in [1.165, 1.54) is 30.5 Å². The number of sulfonamides is 1. The van der Waals surface area contributed by atoms with Gasteiger partial charge in [-0.2, -0.15) is 0 Å². The van der Waals surface area contributed by atoms with Crippen molar-refractivity contribution >= 4 is 20.9 Å². The fraction of sp³-hybridized carbons (Fsp3) is 0.353. The molecule has 1 aliphatic rings. The third kappa shape index (κ3) is 3.89. The Bertz CT molecular complexity index is 897. The van der Waals surface area contributed by atoms with Gasteiger partial charge in [0.15, 0.2) is 0 Å². The Labute approximate surface area is 135 Å². The molecule has 1 aromatic carbocycles. The lowest BCUT2D eigenvalue weighted by Gasteiger charge is -2.13. The first kappa shape index (κ1) is 16.0. The van der Waals surface area contributed by atoms with Crippen molar-refractivity contribution in [2.75, 3.05) is 6.54 Å². The van der Waals surface area contributed by atoms with Crippen molar-refractivity contribution in [1.29, 1.82) is 0 Å². The number of hydrogen-bond donors (Lipinski definition) is 2. The van der Waals surface area contributed by atoms with Crippen molar-refractivity contribution in [3.05, 3.63) is 52.3 Å². The number of aromatic nitrogens is 1. The molecule has 3 rings (SSSR count). The molecule has 122 valence electrons. The van der Waals surface area contributed by atoms with Gasteiger partial charge < -0.3 is 4.98 Å². The first-order chi connectivity index (χ1) is 11.0. The zero-order valence-electron chi connectivity index (χ0n) is 12.8. The Morgan fingerprint density at radius 3 is 2.78 bits per heavy atom. The van der Waals surface area contributed by atoms with Crippen LogP contribution in [0.25, 0.3) is 10.9 Å². The second-order valence-electron chi connectivity index (χ2n) is 5.83. The Hall–Kier alpha value is -1.92. The molecule has 0 atom stereocenters. The van der Waals surface area contributed by atoms with E-state index in [0.29, 0.717) is 17.4 Å². The molecule has 0 saturated carbocycles. The summed E-state index contributed by atoms with van der Waals surface area (Å²) < 4.78 is 27.4. The molecule has 0 fully saturated rings. The monoisotopic (exact) mass is 332 g/mol. The van der Waals surface area contributed by atoms with E-state index in [0.717, 1.165) is 19.3 Å². The molecule has 0 spiro atoms. The molecule has 2 aromatic rings. The van der Waals surface area contributed by atoms with Crippen LogP contribution < -0.4 is 10.3 Å². The summed E-state index contributed by atoms with van der Waals surface area (Å²) in [6.07, 6.45) is 7.59. The van der Waals surface area contributed by atoms with E-state index in [1.807, 2.05) is 0 Å². The van der Waals surface area contributed by atoms with E-state index in [9.17, 15) is 13.2 Å². The van der Waals surface area contributed by atoms with Gasteiger partial charge in [-0.25, -0.2) is 13.1 Å². The largest absolute Gasteiger partial charge is 0.322 e. The van der Waals surface area contributed by atoms with Crippen LogP contribution in [0.2, 0.25) is 0 Å². The van der Waals surface area contributed by atoms with Crippen LogP contribution in [0, 0.1) is 0 Å². The quantitative estimate of drug-likeness (QED) is 0.826. The number of H-pyrrole nitrogens is 1. The standard InChI is InChI=1S/C17H20N2O3S/c20-17-9-6-14-12-15(7-8-16(14)19-17)23(21,22)18-11-10-13-4-2-1-3-5-13/h4,6-9,12,18H,1-3,5,10-11H2,(H,19,20). The lowest BCUT2D eigenvalue weighted by Crippen LogP contribution is -2.25. The van der Waals surface area contributed by atoms with E-state index < -0.39 is 10.0 Å². The van der Waals surface area contributed by atoms with Gasteiger partial charge in [-0.15, -0.1) is 0 Å². The van der Waals surface area contributed by atoms with Crippen molar-refractivity contribution in [3.8, 4) is 0 Å². The van der Waals surface area contributed by atoms with Gasteiger partial charge in [0.25, 0.3) is 0 Å². The summed E-state index contributed by atoms with van der Waals surface area (Å²) in [6.45, 7) is 0.415. The molecule has 0 bridgehead atoms. The van der Waals surface area contributed by atoms with Crippen LogP contribution >= 0.6 is 0 Å². The van der Waals surface area contributed by atoms with Gasteiger partial charge in [-0.3, -0.25) is 4.79 Å². The minimum absolute atomic E-state index is 0.202. The van der Waals surface area contributed by atoms with E-state index in [4.69, 9.17) is 0 Å². The number of pyridine rings is 1. The molecule has 0 aliphatic heterocycles. The van der Waals surface area contributed by atoms with Gasteiger partial charge in [-0.05, 0) is 61.8 Å². The highest BCUT2D eigenvalue weighted by Gasteiger charge is 2.14. The first-order valence-corrected chi connectivity index (χ1v) is 9.34. The van der Waals surface area contributed by atoms with Crippen LogP contribution in [0.4, 0.5) is 0 Å². The second kappa shape index (κ2) is 6.68. The summed E-state index contributed by atoms with van der Waals surface area (Å²) in [6, 6.07) is 7.73. The maximum Gasteiger partial charge on any atom is 0.248 e. The average molecular weight is 332 g/mol. The molecule has 0 amide bonds. The van der Waals surface area contributed by atoms with Crippen LogP contribution in [0.3, 0.4) is 0 Å². The highest BCUT2D eigenvalue weighted by molar-refractivity contribution is 7.89. The maximum absolute atomic E-state index is 12.4. The summed E-state index contributed by atoms with van der Waals surface area (Å²) in [7, 11) is -3.53. The molecule has 2 N–H and O–H groups in total. The third-order valence-corrected chi connectivity index (χ3v) is 5.59. The predicted molar refractivity (Wildman–Crippen MR) is 90.9 cm³/mol. The van der Waals surface area contributed by atoms with Gasteiger partial charge in [-0.1, -0.05) is 11.6 Å². The molecule has 1 aromatic heterocycles. The smallest absolute Gasteiger partial charge is 0.248 e. The van der Waals surface area contributed by atoms with Crippen molar-refractivity contribution in [2.24, 2.45) is 0 Å². The number of benzene rings is 1. The van der Waals surface area contributed by atoms with Crippen LogP contribution in [0.15, 0.2) is 51.7 Å². The summed E-state index contributed by atoms with van der Waals surface area (Å²) in [5.74, 6) is 0. The van der Waals surface area contributed by atoms with E-state index in [1.54, 1.807) is 18.2 Å². The van der Waals surface area contributed by atoms with Gasteiger partial charge >= 0.3 is 0 Å². The van der Waals surface area contributed by atoms with Crippen molar-refractivity contribution < 1.29 is 8.42 Å². The second-order valence-corrected chi connectivity index (χ2v) is 7.59. The van der Waals surface area contributed by atoms with E-state index in [2.05, 4.69) is 15.8 Å². The lowest BCUT2D eigenvalue weighted by molar-refractivity contribution is 0.579. The summed E-state index contributed by atoms with van der Waals surface area (Å²) >= 11 is 0. The number of allylic oxidation sites excluding steroid dienone is 1. The van der Waals surface area contributed by atoms with Crippen molar-refractivity contribution in [2.45, 2.75) is 37.0 Å². The molecule has 23 heavy (non-hydrogen) atoms. The van der Waals surface area contributed by atoms with E-state index in [-0.39, 0.29) is 10.5 Å². The van der Waals surface area contributed by atoms with Gasteiger partial charge in [0.2, 0.25) is 15.6 Å². The third-order valence-electron chi connectivity index (χ3n) is 4.13. The zero-order chi connectivity index (χ0) is 16.3. The Morgan fingerprint density at radius 1 is 1.13 bits per heavy atom. The molecule has 0 unspecified atom stereocenters. The summed E-state index contributed by atoms with van der Waals surface area (Å²) in [4.78, 5) is 14.2. The van der Waals surface area contributed by atoms with Gasteiger partial charge in [0.05, 0.1) is 4.90 Å². The Kier molecular flexibility index (Phi) is 4.63. The molecular weight excluding hydrogens is 312 g/mol. The molecule has 1 aliphatic carbocycles. The summed E-state index contributed by atoms with van der Waals surface area (Å²) in [5.41, 5.74) is 1.77. The number of hydrogen-bond acceptors (Lipinski definition) is 3. The highest BCUT2D eigenvalue weighted by Crippen LogP contribution is 2.20. The van der Waals surface area contributed by atoms with Gasteiger partial charge in [0.1, 0.15) is 0 Å². The number of fused-ring (bicyclic) bond motifs is 1. The topological polar surface area (TPSA) is 79.0 Å². The van der Waals surface area contributed by atoms with E-state index >= 15 is 0 Å². The van der Waals surface area contributed by atoms with Gasteiger partial charge in [0, 0.05) is 18.1 Å². The van der Waals surface area contributed by atoms with Crippen molar-refractivity contribution in [1.82, 2.24) is 9.71 Å². The lowest BCUT2D eigenvalue weighted by atomic mass is 9.97. The number of aromatic amines is 1. The van der Waals surface area contributed by atoms with Crippen LogP contribution in [0.1, 0.15) is 32.1 Å². The summed E-state index contributed by atoms with van der Waals surface area (Å²) in [5, 5.41) is 0.697. The highest BCUT2D eigenvalue weighted by atomic mass is 32.2. The normalized spacial score (nSPS) is 15.6. The minimum atomic E-state index is -3.53. The Morgan fingerprint density at radius 2 is 2.00 bits per heavy atom. The number of nitrogens with one attached hydrogen (secondary N) is 2. The molecule has 0 radical (unpaired) electrons. The molecule has 5 nitrogen and oxygen atoms in total. The molecule has 0 saturated heterocycles. The fourth-order valence-electron chi connectivity index (χ4n) is 2.86. The molecule has 6 heteroatoms. The predicted octanol–water partition coefficient (Wildman–Crippen LogP) is 2.70.